The number of hydrogen-bond acceptors (Lipinski definition) is 4. The van der Waals surface area contributed by atoms with Gasteiger partial charge in [-0.15, -0.1) is 28.3 Å². The zero-order chi connectivity index (χ0) is 21.9. The van der Waals surface area contributed by atoms with Gasteiger partial charge in [-0.3, -0.25) is 0 Å². The Kier molecular flexibility index (Phi) is 9.09. The number of rotatable bonds is 7. The lowest BCUT2D eigenvalue weighted by molar-refractivity contribution is 0.521. The van der Waals surface area contributed by atoms with Crippen molar-refractivity contribution >= 4 is 55.6 Å². The van der Waals surface area contributed by atoms with E-state index in [1.54, 1.807) is 23.5 Å². The van der Waals surface area contributed by atoms with Crippen LogP contribution in [0.4, 0.5) is 5.69 Å². The van der Waals surface area contributed by atoms with Crippen molar-refractivity contribution in [1.29, 1.82) is 0 Å². The lowest BCUT2D eigenvalue weighted by Crippen LogP contribution is -2.22. The topological polar surface area (TPSA) is 54.7 Å². The van der Waals surface area contributed by atoms with Gasteiger partial charge >= 0.3 is 0 Å². The summed E-state index contributed by atoms with van der Waals surface area (Å²) in [7, 11) is -0.636. The van der Waals surface area contributed by atoms with Crippen molar-refractivity contribution in [2.24, 2.45) is 4.99 Å². The first-order valence-corrected chi connectivity index (χ1v) is 12.5. The molecule has 0 bridgehead atoms. The summed E-state index contributed by atoms with van der Waals surface area (Å²) in [5.41, 5.74) is 3.79. The Morgan fingerprint density at radius 1 is 1.16 bits per heavy atom. The molecule has 0 unspecified atom stereocenters. The molecule has 0 saturated carbocycles. The molecule has 0 saturated heterocycles. The maximum atomic E-state index is 12.7. The van der Waals surface area contributed by atoms with Gasteiger partial charge in [0.05, 0.1) is 16.4 Å². The quantitative estimate of drug-likeness (QED) is 0.364. The number of benzene rings is 2. The van der Waals surface area contributed by atoms with Gasteiger partial charge < -0.3 is 4.57 Å². The molecule has 5 nitrogen and oxygen atoms in total. The van der Waals surface area contributed by atoms with Gasteiger partial charge in [-0.2, -0.15) is 0 Å². The zero-order valence-corrected chi connectivity index (χ0v) is 22.1. The third-order valence-corrected chi connectivity index (χ3v) is 8.01. The van der Waals surface area contributed by atoms with Gasteiger partial charge in [-0.25, -0.2) is 17.7 Å². The molecule has 1 aromatic heterocycles. The Balaban J connectivity index is 0.00000341. The number of sulfonamides is 1. The van der Waals surface area contributed by atoms with E-state index in [4.69, 9.17) is 16.6 Å². The van der Waals surface area contributed by atoms with Crippen molar-refractivity contribution < 1.29 is 8.42 Å². The number of hydrogen-bond donors (Lipinski definition) is 0. The van der Waals surface area contributed by atoms with E-state index in [1.807, 2.05) is 42.6 Å². The van der Waals surface area contributed by atoms with E-state index >= 15 is 0 Å². The van der Waals surface area contributed by atoms with Crippen LogP contribution < -0.4 is 4.80 Å². The summed E-state index contributed by atoms with van der Waals surface area (Å²) in [5, 5.41) is 2.25. The Bertz CT molecular complexity index is 1220. The molecule has 0 spiro atoms. The molecule has 3 aromatic rings. The molecule has 0 N–H and O–H groups in total. The van der Waals surface area contributed by atoms with E-state index in [-0.39, 0.29) is 26.9 Å². The van der Waals surface area contributed by atoms with Crippen LogP contribution in [-0.2, 0) is 16.6 Å². The molecule has 0 aliphatic rings. The second-order valence-corrected chi connectivity index (χ2v) is 10.6. The third-order valence-electron chi connectivity index (χ3n) is 4.85. The molecule has 9 heteroatoms. The van der Waals surface area contributed by atoms with Crippen LogP contribution in [0.3, 0.4) is 0 Å². The van der Waals surface area contributed by atoms with Gasteiger partial charge in [0.25, 0.3) is 0 Å². The van der Waals surface area contributed by atoms with Crippen LogP contribution in [0.15, 0.2) is 57.7 Å². The number of thiazole rings is 1. The zero-order valence-electron chi connectivity index (χ0n) is 18.0. The van der Waals surface area contributed by atoms with E-state index in [0.717, 1.165) is 46.7 Å². The summed E-state index contributed by atoms with van der Waals surface area (Å²) in [6.07, 6.45) is 2.05. The molecule has 3 rings (SSSR count). The van der Waals surface area contributed by atoms with Crippen LogP contribution in [0.5, 0.6) is 0 Å². The average molecular weight is 545 g/mol. The summed E-state index contributed by atoms with van der Waals surface area (Å²) in [5.74, 6) is 0. The molecule has 168 valence electrons. The van der Waals surface area contributed by atoms with Gasteiger partial charge in [-0.1, -0.05) is 49.2 Å². The highest BCUT2D eigenvalue weighted by molar-refractivity contribution is 8.93. The van der Waals surface area contributed by atoms with E-state index in [1.165, 1.54) is 18.4 Å². The van der Waals surface area contributed by atoms with Crippen LogP contribution in [0.2, 0.25) is 5.02 Å². The van der Waals surface area contributed by atoms with Gasteiger partial charge in [0.2, 0.25) is 10.0 Å². The maximum absolute atomic E-state index is 12.7. The Morgan fingerprint density at radius 2 is 1.87 bits per heavy atom. The van der Waals surface area contributed by atoms with Crippen LogP contribution in [0.1, 0.15) is 25.3 Å². The summed E-state index contributed by atoms with van der Waals surface area (Å²) in [4.78, 5) is 5.88. The molecule has 0 fully saturated rings. The maximum Gasteiger partial charge on any atom is 0.244 e. The lowest BCUT2D eigenvalue weighted by Gasteiger charge is -2.15. The molecule has 31 heavy (non-hydrogen) atoms. The Hall–Kier alpha value is -1.45. The first kappa shape index (κ1) is 25.8. The molecule has 1 heterocycles. The molecule has 0 radical (unpaired) electrons. The molecule has 0 atom stereocenters. The monoisotopic (exact) mass is 543 g/mol. The predicted octanol–water partition coefficient (Wildman–Crippen LogP) is 6.04. The molecule has 0 amide bonds. The van der Waals surface area contributed by atoms with Gasteiger partial charge in [0.1, 0.15) is 4.90 Å². The van der Waals surface area contributed by atoms with Crippen molar-refractivity contribution in [3.05, 3.63) is 63.2 Å². The van der Waals surface area contributed by atoms with Crippen molar-refractivity contribution in [3.63, 3.8) is 0 Å². The molecular weight excluding hydrogens is 518 g/mol. The average Bonchev–Trinajstić information content (AvgIpc) is 3.10. The van der Waals surface area contributed by atoms with Crippen molar-refractivity contribution in [2.75, 3.05) is 14.1 Å². The molecule has 2 aromatic carbocycles. The number of unbranched alkanes of at least 4 members (excludes halogenated alkanes) is 1. The largest absolute Gasteiger partial charge is 0.316 e. The van der Waals surface area contributed by atoms with E-state index in [2.05, 4.69) is 11.5 Å². The number of aromatic nitrogens is 1. The van der Waals surface area contributed by atoms with E-state index < -0.39 is 10.0 Å². The molecular formula is C22H27BrClN3O2S2. The fraction of sp³-hybridized carbons (Fsp3) is 0.318. The van der Waals surface area contributed by atoms with Crippen molar-refractivity contribution in [2.45, 2.75) is 38.1 Å². The highest BCUT2D eigenvalue weighted by Gasteiger charge is 2.22. The molecule has 0 aliphatic heterocycles. The Morgan fingerprint density at radius 3 is 2.52 bits per heavy atom. The molecule has 0 aliphatic carbocycles. The second-order valence-electron chi connectivity index (χ2n) is 7.24. The van der Waals surface area contributed by atoms with Crippen LogP contribution in [0, 0.1) is 6.92 Å². The lowest BCUT2D eigenvalue weighted by atomic mass is 10.1. The fourth-order valence-electron chi connectivity index (χ4n) is 3.03. The summed E-state index contributed by atoms with van der Waals surface area (Å²) in [6, 6.07) is 13.2. The van der Waals surface area contributed by atoms with E-state index in [9.17, 15) is 8.42 Å². The van der Waals surface area contributed by atoms with Crippen LogP contribution in [-0.4, -0.2) is 31.4 Å². The predicted molar refractivity (Wildman–Crippen MR) is 135 cm³/mol. The smallest absolute Gasteiger partial charge is 0.244 e. The van der Waals surface area contributed by atoms with Crippen molar-refractivity contribution in [1.82, 2.24) is 8.87 Å². The van der Waals surface area contributed by atoms with Crippen molar-refractivity contribution in [3.8, 4) is 11.3 Å². The Labute approximate surface area is 203 Å². The minimum Gasteiger partial charge on any atom is -0.316 e. The van der Waals surface area contributed by atoms with Gasteiger partial charge in [-0.05, 0) is 37.1 Å². The fourth-order valence-corrected chi connectivity index (χ4v) is 5.37. The number of aryl methyl sites for hydroxylation is 1. The minimum absolute atomic E-state index is 0. The minimum atomic E-state index is -3.64. The summed E-state index contributed by atoms with van der Waals surface area (Å²) < 4.78 is 28.7. The number of para-hydroxylation sites is 1. The SMILES string of the molecule is Br.CCCCn1c(-c2ccc(Cl)c(S(=O)(=O)N(C)C)c2)csc1=Nc1ccccc1C. The second kappa shape index (κ2) is 10.9. The van der Waals surface area contributed by atoms with Crippen LogP contribution >= 0.6 is 39.9 Å². The number of halogens is 2. The number of nitrogens with zero attached hydrogens (tertiary/aromatic N) is 3. The highest BCUT2D eigenvalue weighted by Crippen LogP contribution is 2.30. The summed E-state index contributed by atoms with van der Waals surface area (Å²) in [6.45, 7) is 4.99. The van der Waals surface area contributed by atoms with Gasteiger partial charge in [0, 0.05) is 31.6 Å². The standard InChI is InChI=1S/C22H26ClN3O2S2.BrH/c1-5-6-13-26-20(15-29-22(26)24-19-10-8-7-9-16(19)2)17-11-12-18(23)21(14-17)30(27,28)25(3)4;/h7-12,14-15H,5-6,13H2,1-4H3;1H. The highest BCUT2D eigenvalue weighted by atomic mass is 79.9. The first-order valence-electron chi connectivity index (χ1n) is 9.77. The van der Waals surface area contributed by atoms with Gasteiger partial charge in [0.15, 0.2) is 4.80 Å². The normalized spacial score (nSPS) is 12.3. The van der Waals surface area contributed by atoms with Crippen LogP contribution in [0.25, 0.3) is 11.3 Å². The first-order chi connectivity index (χ1) is 14.3. The van der Waals surface area contributed by atoms with E-state index in [0.29, 0.717) is 0 Å². The summed E-state index contributed by atoms with van der Waals surface area (Å²) >= 11 is 7.79. The third kappa shape index (κ3) is 5.68.